The predicted molar refractivity (Wildman–Crippen MR) is 122 cm³/mol. The van der Waals surface area contributed by atoms with E-state index in [4.69, 9.17) is 4.74 Å². The van der Waals surface area contributed by atoms with Gasteiger partial charge in [0, 0.05) is 0 Å². The van der Waals surface area contributed by atoms with Crippen molar-refractivity contribution in [1.82, 2.24) is 10.2 Å². The maximum absolute atomic E-state index is 13.4. The summed E-state index contributed by atoms with van der Waals surface area (Å²) in [6.45, 7) is 3.79. The SMILES string of the molecule is CC(C)C[C@@H](C(=O)O)N(C)CP(=O)(O)C(NC(=O)OCc1ccccc1)c1ccccc1. The first-order valence-electron chi connectivity index (χ1n) is 10.4. The number of likely N-dealkylation sites (N-methyl/N-ethyl adjacent to an activating group) is 1. The van der Waals surface area contributed by atoms with Gasteiger partial charge in [-0.25, -0.2) is 4.79 Å². The summed E-state index contributed by atoms with van der Waals surface area (Å²) < 4.78 is 18.6. The molecule has 8 nitrogen and oxygen atoms in total. The van der Waals surface area contributed by atoms with E-state index in [9.17, 15) is 24.2 Å². The summed E-state index contributed by atoms with van der Waals surface area (Å²) in [5, 5.41) is 12.1. The van der Waals surface area contributed by atoms with Gasteiger partial charge in [-0.05, 0) is 30.5 Å². The number of carboxylic acids is 1. The summed E-state index contributed by atoms with van der Waals surface area (Å²) in [7, 11) is -2.62. The quantitative estimate of drug-likeness (QED) is 0.427. The Balaban J connectivity index is 2.18. The number of benzene rings is 2. The van der Waals surface area contributed by atoms with Gasteiger partial charge in [0.05, 0.1) is 6.29 Å². The van der Waals surface area contributed by atoms with E-state index in [0.29, 0.717) is 12.0 Å². The van der Waals surface area contributed by atoms with Gasteiger partial charge < -0.3 is 20.1 Å². The van der Waals surface area contributed by atoms with E-state index in [1.807, 2.05) is 32.0 Å². The monoisotopic (exact) mass is 462 g/mol. The fourth-order valence-electron chi connectivity index (χ4n) is 3.34. The molecule has 0 fully saturated rings. The van der Waals surface area contributed by atoms with Crippen molar-refractivity contribution in [3.63, 3.8) is 0 Å². The van der Waals surface area contributed by atoms with Gasteiger partial charge in [0.15, 0.2) is 0 Å². The summed E-state index contributed by atoms with van der Waals surface area (Å²) in [4.78, 5) is 36.4. The molecule has 0 radical (unpaired) electrons. The Kier molecular flexibility index (Phi) is 9.44. The third kappa shape index (κ3) is 7.79. The molecule has 3 atom stereocenters. The molecule has 0 saturated heterocycles. The van der Waals surface area contributed by atoms with Crippen LogP contribution in [0.25, 0.3) is 0 Å². The molecule has 0 saturated carbocycles. The molecule has 3 N–H and O–H groups in total. The van der Waals surface area contributed by atoms with E-state index in [2.05, 4.69) is 5.32 Å². The Morgan fingerprint density at radius 1 is 1.06 bits per heavy atom. The highest BCUT2D eigenvalue weighted by Crippen LogP contribution is 2.54. The first kappa shape index (κ1) is 25.6. The van der Waals surface area contributed by atoms with Crippen LogP contribution >= 0.6 is 7.37 Å². The van der Waals surface area contributed by atoms with Crippen LogP contribution in [0.2, 0.25) is 0 Å². The maximum Gasteiger partial charge on any atom is 0.408 e. The molecule has 0 heterocycles. The van der Waals surface area contributed by atoms with E-state index in [1.165, 1.54) is 11.9 Å². The topological polar surface area (TPSA) is 116 Å². The normalized spacial score (nSPS) is 15.1. The predicted octanol–water partition coefficient (Wildman–Crippen LogP) is 4.27. The molecule has 0 aliphatic rings. The van der Waals surface area contributed by atoms with Crippen LogP contribution < -0.4 is 5.32 Å². The molecule has 32 heavy (non-hydrogen) atoms. The third-order valence-corrected chi connectivity index (χ3v) is 7.01. The van der Waals surface area contributed by atoms with Gasteiger partial charge in [0.1, 0.15) is 18.4 Å². The van der Waals surface area contributed by atoms with Gasteiger partial charge in [0.2, 0.25) is 7.37 Å². The van der Waals surface area contributed by atoms with E-state index >= 15 is 0 Å². The fraction of sp³-hybridized carbons (Fsp3) is 0.391. The molecule has 0 aliphatic carbocycles. The number of ether oxygens (including phenoxy) is 1. The van der Waals surface area contributed by atoms with Crippen LogP contribution in [0.4, 0.5) is 4.79 Å². The molecule has 2 rings (SSSR count). The molecule has 2 aromatic carbocycles. The molecule has 2 unspecified atom stereocenters. The summed E-state index contributed by atoms with van der Waals surface area (Å²) in [6.07, 6.45) is -0.916. The average Bonchev–Trinajstić information content (AvgIpc) is 2.75. The zero-order chi connectivity index (χ0) is 23.7. The zero-order valence-corrected chi connectivity index (χ0v) is 19.4. The van der Waals surface area contributed by atoms with Crippen molar-refractivity contribution < 1.29 is 28.9 Å². The van der Waals surface area contributed by atoms with Crippen molar-refractivity contribution in [2.24, 2.45) is 5.92 Å². The minimum atomic E-state index is -4.12. The lowest BCUT2D eigenvalue weighted by atomic mass is 10.0. The second kappa shape index (κ2) is 11.8. The van der Waals surface area contributed by atoms with E-state index < -0.39 is 37.5 Å². The van der Waals surface area contributed by atoms with Gasteiger partial charge >= 0.3 is 12.1 Å². The lowest BCUT2D eigenvalue weighted by molar-refractivity contribution is -0.143. The van der Waals surface area contributed by atoms with Crippen LogP contribution in [0.3, 0.4) is 0 Å². The largest absolute Gasteiger partial charge is 0.480 e. The van der Waals surface area contributed by atoms with Crippen LogP contribution in [0.15, 0.2) is 60.7 Å². The first-order valence-corrected chi connectivity index (χ1v) is 12.3. The van der Waals surface area contributed by atoms with Crippen molar-refractivity contribution in [1.29, 1.82) is 0 Å². The lowest BCUT2D eigenvalue weighted by Gasteiger charge is -2.31. The Hall–Kier alpha value is -2.67. The number of hydrogen-bond donors (Lipinski definition) is 3. The molecule has 0 bridgehead atoms. The van der Waals surface area contributed by atoms with Gasteiger partial charge in [-0.1, -0.05) is 74.5 Å². The summed E-state index contributed by atoms with van der Waals surface area (Å²) in [5.41, 5.74) is 1.21. The molecule has 0 aliphatic heterocycles. The zero-order valence-electron chi connectivity index (χ0n) is 18.5. The second-order valence-corrected chi connectivity index (χ2v) is 10.5. The number of carbonyl (C=O) groups is 2. The second-order valence-electron chi connectivity index (χ2n) is 8.16. The maximum atomic E-state index is 13.4. The molecule has 1 amide bonds. The highest BCUT2D eigenvalue weighted by molar-refractivity contribution is 7.58. The van der Waals surface area contributed by atoms with E-state index in [0.717, 1.165) is 5.56 Å². The van der Waals surface area contributed by atoms with Crippen LogP contribution in [0.1, 0.15) is 37.2 Å². The van der Waals surface area contributed by atoms with Crippen LogP contribution in [0, 0.1) is 5.92 Å². The number of aliphatic carboxylic acids is 1. The number of amides is 1. The number of alkyl carbamates (subject to hydrolysis) is 1. The van der Waals surface area contributed by atoms with Crippen LogP contribution in [0.5, 0.6) is 0 Å². The summed E-state index contributed by atoms with van der Waals surface area (Å²) in [5.74, 6) is -2.22. The molecule has 2 aromatic rings. The average molecular weight is 462 g/mol. The molecular weight excluding hydrogens is 431 g/mol. The fourth-order valence-corrected chi connectivity index (χ4v) is 5.29. The number of rotatable bonds is 11. The van der Waals surface area contributed by atoms with E-state index in [1.54, 1.807) is 42.5 Å². The van der Waals surface area contributed by atoms with Crippen molar-refractivity contribution in [2.45, 2.75) is 38.7 Å². The Morgan fingerprint density at radius 3 is 2.16 bits per heavy atom. The van der Waals surface area contributed by atoms with Gasteiger partial charge in [-0.15, -0.1) is 0 Å². The molecule has 9 heteroatoms. The molecule has 174 valence electrons. The lowest BCUT2D eigenvalue weighted by Crippen LogP contribution is -2.41. The number of nitrogens with zero attached hydrogens (tertiary/aromatic N) is 1. The third-order valence-electron chi connectivity index (χ3n) is 4.92. The highest BCUT2D eigenvalue weighted by atomic mass is 31.2. The van der Waals surface area contributed by atoms with Crippen LogP contribution in [-0.4, -0.2) is 46.3 Å². The number of nitrogens with one attached hydrogen (secondary N) is 1. The minimum Gasteiger partial charge on any atom is -0.480 e. The summed E-state index contributed by atoms with van der Waals surface area (Å²) in [6, 6.07) is 16.6. The van der Waals surface area contributed by atoms with Crippen LogP contribution in [-0.2, 0) is 20.7 Å². The van der Waals surface area contributed by atoms with Crippen molar-refractivity contribution in [3.8, 4) is 0 Å². The number of carbonyl (C=O) groups excluding carboxylic acids is 1. The molecule has 0 spiro atoms. The van der Waals surface area contributed by atoms with Crippen molar-refractivity contribution in [3.05, 3.63) is 71.8 Å². The minimum absolute atomic E-state index is 0.0132. The molecular formula is C23H31N2O6P. The Labute approximate surface area is 188 Å². The van der Waals surface area contributed by atoms with Gasteiger partial charge in [0.25, 0.3) is 0 Å². The van der Waals surface area contributed by atoms with E-state index in [-0.39, 0.29) is 12.5 Å². The number of hydrogen-bond acceptors (Lipinski definition) is 5. The standard InChI is InChI=1S/C23H31N2O6P/c1-17(2)14-20(22(26)27)25(3)16-32(29,30)21(19-12-8-5-9-13-19)24-23(28)31-15-18-10-6-4-7-11-18/h4-13,17,20-21H,14-16H2,1-3H3,(H,24,28)(H,26,27)(H,29,30)/t20-,21?/m0/s1. The smallest absolute Gasteiger partial charge is 0.408 e. The van der Waals surface area contributed by atoms with Gasteiger partial charge in [-0.2, -0.15) is 0 Å². The highest BCUT2D eigenvalue weighted by Gasteiger charge is 2.38. The van der Waals surface area contributed by atoms with Crippen molar-refractivity contribution >= 4 is 19.4 Å². The Morgan fingerprint density at radius 2 is 1.62 bits per heavy atom. The Bertz CT molecular complexity index is 923. The van der Waals surface area contributed by atoms with Crippen molar-refractivity contribution in [2.75, 3.05) is 13.3 Å². The number of carboxylic acid groups (broad SMARTS) is 1. The molecule has 0 aromatic heterocycles. The summed E-state index contributed by atoms with van der Waals surface area (Å²) >= 11 is 0. The van der Waals surface area contributed by atoms with Gasteiger partial charge in [-0.3, -0.25) is 14.3 Å². The first-order chi connectivity index (χ1) is 15.1.